The molecule has 0 fully saturated rings. The molecule has 1 aromatic carbocycles. The number of pyridine rings is 1. The lowest BCUT2D eigenvalue weighted by atomic mass is 10.3. The van der Waals surface area contributed by atoms with Gasteiger partial charge in [0.2, 0.25) is 0 Å². The summed E-state index contributed by atoms with van der Waals surface area (Å²) in [6.45, 7) is 2.15. The Bertz CT molecular complexity index is 590. The van der Waals surface area contributed by atoms with E-state index in [1.54, 1.807) is 25.1 Å². The van der Waals surface area contributed by atoms with E-state index in [9.17, 15) is 13.2 Å². The fourth-order valence-corrected chi connectivity index (χ4v) is 1.41. The molecule has 0 atom stereocenters. The molecule has 2 rings (SSSR count). The smallest absolute Gasteiger partial charge is 0.258 e. The minimum Gasteiger partial charge on any atom is -0.490 e. The van der Waals surface area contributed by atoms with Gasteiger partial charge in [0.25, 0.3) is 11.8 Å². The summed E-state index contributed by atoms with van der Waals surface area (Å²) >= 11 is 0. The van der Waals surface area contributed by atoms with Gasteiger partial charge in [-0.1, -0.05) is 12.1 Å². The second-order valence-electron chi connectivity index (χ2n) is 3.53. The van der Waals surface area contributed by atoms with Crippen LogP contribution in [0.5, 0.6) is 17.4 Å². The van der Waals surface area contributed by atoms with Gasteiger partial charge in [-0.15, -0.1) is 0 Å². The quantitative estimate of drug-likeness (QED) is 0.793. The molecule has 19 heavy (non-hydrogen) atoms. The Morgan fingerprint density at radius 1 is 1.05 bits per heavy atom. The normalized spacial score (nSPS) is 10.3. The van der Waals surface area contributed by atoms with Crippen molar-refractivity contribution in [3.63, 3.8) is 0 Å². The molecule has 0 aliphatic carbocycles. The number of hydrogen-bond acceptors (Lipinski definition) is 3. The fraction of sp³-hybridized carbons (Fsp3) is 0.154. The van der Waals surface area contributed by atoms with Crippen molar-refractivity contribution in [2.24, 2.45) is 0 Å². The van der Waals surface area contributed by atoms with Crippen LogP contribution in [-0.2, 0) is 0 Å². The number of para-hydroxylation sites is 2. The zero-order chi connectivity index (χ0) is 13.8. The Labute approximate surface area is 107 Å². The molecule has 0 saturated heterocycles. The lowest BCUT2D eigenvalue weighted by molar-refractivity contribution is 0.313. The van der Waals surface area contributed by atoms with Crippen LogP contribution in [0, 0.1) is 17.6 Å². The van der Waals surface area contributed by atoms with Gasteiger partial charge in [-0.3, -0.25) is 0 Å². The Morgan fingerprint density at radius 2 is 1.74 bits per heavy atom. The van der Waals surface area contributed by atoms with Crippen molar-refractivity contribution in [1.29, 1.82) is 0 Å². The van der Waals surface area contributed by atoms with E-state index < -0.39 is 23.5 Å². The number of ether oxygens (including phenoxy) is 2. The maximum atomic E-state index is 13.4. The van der Waals surface area contributed by atoms with E-state index in [-0.39, 0.29) is 5.75 Å². The SMILES string of the molecule is CCOc1ccccc1Oc1nc(F)c(F)cc1F. The molecule has 2 aromatic rings. The molecule has 0 radical (unpaired) electrons. The highest BCUT2D eigenvalue weighted by Crippen LogP contribution is 2.31. The predicted octanol–water partition coefficient (Wildman–Crippen LogP) is 3.69. The van der Waals surface area contributed by atoms with E-state index in [0.29, 0.717) is 18.4 Å². The molecule has 0 spiro atoms. The summed E-state index contributed by atoms with van der Waals surface area (Å²) in [6.07, 6.45) is 0. The molecule has 6 heteroatoms. The maximum absolute atomic E-state index is 13.4. The second kappa shape index (κ2) is 5.60. The van der Waals surface area contributed by atoms with Crippen molar-refractivity contribution < 1.29 is 22.6 Å². The standard InChI is InChI=1S/C13H10F3NO2/c1-2-18-10-5-3-4-6-11(10)19-13-9(15)7-8(14)12(16)17-13/h3-7H,2H2,1H3. The lowest BCUT2D eigenvalue weighted by Gasteiger charge is -2.11. The number of hydrogen-bond donors (Lipinski definition) is 0. The van der Waals surface area contributed by atoms with Crippen molar-refractivity contribution in [2.45, 2.75) is 6.92 Å². The first-order chi connectivity index (χ1) is 9.11. The molecule has 0 amide bonds. The summed E-state index contributed by atoms with van der Waals surface area (Å²) in [5.41, 5.74) is 0. The van der Waals surface area contributed by atoms with E-state index in [2.05, 4.69) is 4.98 Å². The van der Waals surface area contributed by atoms with Gasteiger partial charge in [-0.25, -0.2) is 8.78 Å². The summed E-state index contributed by atoms with van der Waals surface area (Å²) < 4.78 is 49.5. The molecule has 0 unspecified atom stereocenters. The molecule has 1 aromatic heterocycles. The van der Waals surface area contributed by atoms with E-state index >= 15 is 0 Å². The Morgan fingerprint density at radius 3 is 2.42 bits per heavy atom. The van der Waals surface area contributed by atoms with Gasteiger partial charge >= 0.3 is 0 Å². The van der Waals surface area contributed by atoms with Crippen LogP contribution in [0.2, 0.25) is 0 Å². The molecular weight excluding hydrogens is 259 g/mol. The third-order valence-corrected chi connectivity index (χ3v) is 2.21. The number of halogens is 3. The van der Waals surface area contributed by atoms with Crippen LogP contribution in [0.4, 0.5) is 13.2 Å². The highest BCUT2D eigenvalue weighted by atomic mass is 19.2. The first-order valence-corrected chi connectivity index (χ1v) is 5.53. The summed E-state index contributed by atoms with van der Waals surface area (Å²) in [5.74, 6) is -4.01. The van der Waals surface area contributed by atoms with E-state index in [1.807, 2.05) is 0 Å². The van der Waals surface area contributed by atoms with Crippen LogP contribution in [0.15, 0.2) is 30.3 Å². The zero-order valence-electron chi connectivity index (χ0n) is 9.99. The van der Waals surface area contributed by atoms with Crippen molar-refractivity contribution in [3.05, 3.63) is 47.9 Å². The predicted molar refractivity (Wildman–Crippen MR) is 61.8 cm³/mol. The van der Waals surface area contributed by atoms with E-state index in [0.717, 1.165) is 0 Å². The Balaban J connectivity index is 2.33. The monoisotopic (exact) mass is 269 g/mol. The average Bonchev–Trinajstić information content (AvgIpc) is 2.38. The fourth-order valence-electron chi connectivity index (χ4n) is 1.41. The first kappa shape index (κ1) is 13.2. The molecule has 0 bridgehead atoms. The first-order valence-electron chi connectivity index (χ1n) is 5.53. The minimum absolute atomic E-state index is 0.168. The van der Waals surface area contributed by atoms with Crippen molar-refractivity contribution in [2.75, 3.05) is 6.61 Å². The van der Waals surface area contributed by atoms with E-state index in [1.165, 1.54) is 6.07 Å². The summed E-state index contributed by atoms with van der Waals surface area (Å²) in [7, 11) is 0. The third kappa shape index (κ3) is 2.96. The number of nitrogens with zero attached hydrogens (tertiary/aromatic N) is 1. The Hall–Kier alpha value is -2.24. The topological polar surface area (TPSA) is 31.4 Å². The van der Waals surface area contributed by atoms with Crippen LogP contribution < -0.4 is 9.47 Å². The van der Waals surface area contributed by atoms with Crippen LogP contribution in [0.25, 0.3) is 0 Å². The molecule has 0 saturated carbocycles. The average molecular weight is 269 g/mol. The maximum Gasteiger partial charge on any atom is 0.258 e. The van der Waals surface area contributed by atoms with Gasteiger partial charge in [0.15, 0.2) is 23.1 Å². The van der Waals surface area contributed by atoms with Gasteiger partial charge in [0.1, 0.15) is 0 Å². The van der Waals surface area contributed by atoms with Gasteiger partial charge in [-0.2, -0.15) is 9.37 Å². The van der Waals surface area contributed by atoms with Crippen LogP contribution in [0.1, 0.15) is 6.92 Å². The third-order valence-electron chi connectivity index (χ3n) is 2.21. The number of aromatic nitrogens is 1. The highest BCUT2D eigenvalue weighted by Gasteiger charge is 2.15. The highest BCUT2D eigenvalue weighted by molar-refractivity contribution is 5.41. The van der Waals surface area contributed by atoms with Gasteiger partial charge < -0.3 is 9.47 Å². The molecule has 3 nitrogen and oxygen atoms in total. The molecular formula is C13H10F3NO2. The van der Waals surface area contributed by atoms with Crippen molar-refractivity contribution in [3.8, 4) is 17.4 Å². The minimum atomic E-state index is -1.43. The number of rotatable bonds is 4. The van der Waals surface area contributed by atoms with Crippen molar-refractivity contribution >= 4 is 0 Å². The Kier molecular flexibility index (Phi) is 3.89. The molecule has 0 aliphatic heterocycles. The van der Waals surface area contributed by atoms with E-state index in [4.69, 9.17) is 9.47 Å². The summed E-state index contributed by atoms with van der Waals surface area (Å²) in [5, 5.41) is 0. The number of benzene rings is 1. The molecule has 1 heterocycles. The molecule has 0 aliphatic rings. The second-order valence-corrected chi connectivity index (χ2v) is 3.53. The van der Waals surface area contributed by atoms with Crippen molar-refractivity contribution in [1.82, 2.24) is 4.98 Å². The van der Waals surface area contributed by atoms with Gasteiger partial charge in [-0.05, 0) is 19.1 Å². The summed E-state index contributed by atoms with van der Waals surface area (Å²) in [4.78, 5) is 3.07. The molecule has 100 valence electrons. The largest absolute Gasteiger partial charge is 0.490 e. The molecule has 0 N–H and O–H groups in total. The van der Waals surface area contributed by atoms with Gasteiger partial charge in [0, 0.05) is 6.07 Å². The lowest BCUT2D eigenvalue weighted by Crippen LogP contribution is -2.00. The van der Waals surface area contributed by atoms with Crippen LogP contribution >= 0.6 is 0 Å². The van der Waals surface area contributed by atoms with Crippen LogP contribution in [0.3, 0.4) is 0 Å². The summed E-state index contributed by atoms with van der Waals surface area (Å²) in [6, 6.07) is 6.83. The van der Waals surface area contributed by atoms with Gasteiger partial charge in [0.05, 0.1) is 6.61 Å². The zero-order valence-corrected chi connectivity index (χ0v) is 9.99. The van der Waals surface area contributed by atoms with Crippen LogP contribution in [-0.4, -0.2) is 11.6 Å².